The van der Waals surface area contributed by atoms with Crippen molar-refractivity contribution in [2.75, 3.05) is 5.73 Å². The van der Waals surface area contributed by atoms with Gasteiger partial charge in [-0.05, 0) is 12.5 Å². The van der Waals surface area contributed by atoms with Crippen LogP contribution in [0.1, 0.15) is 10.4 Å². The Morgan fingerprint density at radius 2 is 2.31 bits per heavy atom. The van der Waals surface area contributed by atoms with Crippen LogP contribution in [0.25, 0.3) is 10.2 Å². The lowest BCUT2D eigenvalue weighted by atomic mass is 10.2. The first-order valence-electron chi connectivity index (χ1n) is 4.48. The van der Waals surface area contributed by atoms with E-state index in [0.717, 1.165) is 0 Å². The first-order chi connectivity index (χ1) is 7.49. The number of hydrogen-bond donors (Lipinski definition) is 3. The van der Waals surface area contributed by atoms with Gasteiger partial charge in [0.2, 0.25) is 5.95 Å². The second kappa shape index (κ2) is 3.60. The lowest BCUT2D eigenvalue weighted by molar-refractivity contribution is -0.136. The minimum absolute atomic E-state index is 0.0422. The van der Waals surface area contributed by atoms with Gasteiger partial charge in [0.15, 0.2) is 0 Å². The molecule has 2 rings (SSSR count). The van der Waals surface area contributed by atoms with Crippen LogP contribution in [0.4, 0.5) is 5.95 Å². The number of aryl methyl sites for hydroxylation is 1. The number of carbonyl (C=O) groups is 1. The molecule has 7 heteroatoms. The van der Waals surface area contributed by atoms with Gasteiger partial charge in [0.05, 0.1) is 11.8 Å². The van der Waals surface area contributed by atoms with Crippen LogP contribution < -0.4 is 11.3 Å². The molecule has 4 N–H and O–H groups in total. The number of aromatic amines is 1. The Labute approximate surface area is 93.7 Å². The first kappa shape index (κ1) is 10.6. The van der Waals surface area contributed by atoms with Gasteiger partial charge in [-0.1, -0.05) is 0 Å². The van der Waals surface area contributed by atoms with Crippen LogP contribution in [0.15, 0.2) is 4.79 Å². The average Bonchev–Trinajstić information content (AvgIpc) is 2.41. The van der Waals surface area contributed by atoms with Gasteiger partial charge >= 0.3 is 5.97 Å². The Bertz CT molecular complexity index is 629. The van der Waals surface area contributed by atoms with E-state index in [1.807, 2.05) is 0 Å². The molecule has 2 aromatic heterocycles. The van der Waals surface area contributed by atoms with E-state index in [0.29, 0.717) is 20.7 Å². The van der Waals surface area contributed by atoms with Crippen molar-refractivity contribution in [3.8, 4) is 0 Å². The molecule has 0 bridgehead atoms. The fraction of sp³-hybridized carbons (Fsp3) is 0.222. The number of nitrogen functional groups attached to an aromatic ring is 1. The van der Waals surface area contributed by atoms with Crippen molar-refractivity contribution >= 4 is 33.5 Å². The Morgan fingerprint density at radius 3 is 2.94 bits per heavy atom. The summed E-state index contributed by atoms with van der Waals surface area (Å²) in [7, 11) is 0. The maximum atomic E-state index is 11.6. The number of fused-ring (bicyclic) bond motifs is 1. The van der Waals surface area contributed by atoms with Crippen molar-refractivity contribution in [1.29, 1.82) is 0 Å². The third-order valence-corrected chi connectivity index (χ3v) is 3.42. The summed E-state index contributed by atoms with van der Waals surface area (Å²) in [5.41, 5.74) is 5.75. The van der Waals surface area contributed by atoms with Crippen molar-refractivity contribution in [1.82, 2.24) is 9.97 Å². The predicted molar refractivity (Wildman–Crippen MR) is 60.7 cm³/mol. The number of thiophene rings is 1. The normalized spacial score (nSPS) is 10.8. The quantitative estimate of drug-likeness (QED) is 0.707. The topological polar surface area (TPSA) is 109 Å². The maximum absolute atomic E-state index is 11.6. The lowest BCUT2D eigenvalue weighted by Crippen LogP contribution is -2.10. The molecule has 0 amide bonds. The van der Waals surface area contributed by atoms with Crippen molar-refractivity contribution in [3.05, 3.63) is 20.8 Å². The molecule has 6 nitrogen and oxygen atoms in total. The van der Waals surface area contributed by atoms with Crippen LogP contribution in [0, 0.1) is 6.92 Å². The molecule has 84 valence electrons. The summed E-state index contributed by atoms with van der Waals surface area (Å²) in [6.07, 6.45) is -0.105. The summed E-state index contributed by atoms with van der Waals surface area (Å²) in [6.45, 7) is 1.71. The summed E-state index contributed by atoms with van der Waals surface area (Å²) < 4.78 is 0. The Morgan fingerprint density at radius 1 is 1.62 bits per heavy atom. The monoisotopic (exact) mass is 239 g/mol. The summed E-state index contributed by atoms with van der Waals surface area (Å²) in [5.74, 6) is -0.889. The highest BCUT2D eigenvalue weighted by atomic mass is 32.1. The molecule has 0 radical (unpaired) electrons. The smallest absolute Gasteiger partial charge is 0.308 e. The zero-order chi connectivity index (χ0) is 11.9. The Hall–Kier alpha value is -1.89. The third kappa shape index (κ3) is 1.65. The minimum Gasteiger partial charge on any atom is -0.481 e. The average molecular weight is 239 g/mol. The number of carboxylic acid groups (broad SMARTS) is 1. The molecule has 2 aromatic rings. The molecule has 0 aromatic carbocycles. The molecule has 16 heavy (non-hydrogen) atoms. The minimum atomic E-state index is -0.931. The standard InChI is InChI=1S/C9H9N3O3S/c1-3-4(2-5(13)14)16-8-6(3)7(15)11-9(10)12-8/h2H2,1H3,(H,13,14)(H3,10,11,12,15). The summed E-state index contributed by atoms with van der Waals surface area (Å²) in [5, 5.41) is 9.14. The van der Waals surface area contributed by atoms with Gasteiger partial charge in [0.25, 0.3) is 5.56 Å². The fourth-order valence-electron chi connectivity index (χ4n) is 1.51. The Balaban J connectivity index is 2.73. The lowest BCUT2D eigenvalue weighted by Gasteiger charge is -1.93. The molecule has 0 saturated heterocycles. The molecular formula is C9H9N3O3S. The number of H-pyrrole nitrogens is 1. The van der Waals surface area contributed by atoms with Gasteiger partial charge in [-0.2, -0.15) is 0 Å². The number of carboxylic acids is 1. The molecule has 2 heterocycles. The zero-order valence-corrected chi connectivity index (χ0v) is 9.22. The molecular weight excluding hydrogens is 230 g/mol. The SMILES string of the molecule is Cc1c(CC(=O)O)sc2nc(N)[nH]c(=O)c12. The summed E-state index contributed by atoms with van der Waals surface area (Å²) in [6, 6.07) is 0. The number of hydrogen-bond acceptors (Lipinski definition) is 5. The van der Waals surface area contributed by atoms with E-state index in [4.69, 9.17) is 10.8 Å². The van der Waals surface area contributed by atoms with Crippen LogP contribution in [0.2, 0.25) is 0 Å². The number of nitrogens with zero attached hydrogens (tertiary/aromatic N) is 1. The molecule has 0 spiro atoms. The van der Waals surface area contributed by atoms with Crippen LogP contribution >= 0.6 is 11.3 Å². The number of rotatable bonds is 2. The van der Waals surface area contributed by atoms with Gasteiger partial charge in [-0.15, -0.1) is 11.3 Å². The van der Waals surface area contributed by atoms with Gasteiger partial charge < -0.3 is 10.8 Å². The number of aromatic nitrogens is 2. The van der Waals surface area contributed by atoms with Crippen molar-refractivity contribution in [3.63, 3.8) is 0 Å². The molecule has 0 aliphatic heterocycles. The molecule has 0 unspecified atom stereocenters. The molecule has 0 aliphatic carbocycles. The third-order valence-electron chi connectivity index (χ3n) is 2.23. The van der Waals surface area contributed by atoms with E-state index in [-0.39, 0.29) is 17.9 Å². The van der Waals surface area contributed by atoms with Gasteiger partial charge in [-0.25, -0.2) is 4.98 Å². The molecule has 0 saturated carbocycles. The van der Waals surface area contributed by atoms with E-state index < -0.39 is 5.97 Å². The van der Waals surface area contributed by atoms with E-state index >= 15 is 0 Å². The highest BCUT2D eigenvalue weighted by Crippen LogP contribution is 2.27. The number of anilines is 1. The maximum Gasteiger partial charge on any atom is 0.308 e. The van der Waals surface area contributed by atoms with Crippen LogP contribution in [-0.2, 0) is 11.2 Å². The number of nitrogens with two attached hydrogens (primary N) is 1. The highest BCUT2D eigenvalue weighted by molar-refractivity contribution is 7.18. The number of nitrogens with one attached hydrogen (secondary N) is 1. The van der Waals surface area contributed by atoms with Crippen LogP contribution in [0.5, 0.6) is 0 Å². The zero-order valence-electron chi connectivity index (χ0n) is 8.40. The highest BCUT2D eigenvalue weighted by Gasteiger charge is 2.15. The van der Waals surface area contributed by atoms with Crippen LogP contribution in [0.3, 0.4) is 0 Å². The molecule has 0 aliphatic rings. The summed E-state index contributed by atoms with van der Waals surface area (Å²) in [4.78, 5) is 29.7. The predicted octanol–water partition coefficient (Wildman–Crippen LogP) is 0.502. The van der Waals surface area contributed by atoms with Crippen molar-refractivity contribution in [2.24, 2.45) is 0 Å². The van der Waals surface area contributed by atoms with Crippen LogP contribution in [-0.4, -0.2) is 21.0 Å². The van der Waals surface area contributed by atoms with Gasteiger partial charge in [0.1, 0.15) is 4.83 Å². The summed E-state index contributed by atoms with van der Waals surface area (Å²) >= 11 is 1.19. The van der Waals surface area contributed by atoms with E-state index in [9.17, 15) is 9.59 Å². The van der Waals surface area contributed by atoms with Gasteiger partial charge in [-0.3, -0.25) is 14.6 Å². The van der Waals surface area contributed by atoms with E-state index in [1.165, 1.54) is 11.3 Å². The largest absolute Gasteiger partial charge is 0.481 e. The first-order valence-corrected chi connectivity index (χ1v) is 5.30. The number of aliphatic carboxylic acids is 1. The second-order valence-corrected chi connectivity index (χ2v) is 4.44. The van der Waals surface area contributed by atoms with E-state index in [2.05, 4.69) is 9.97 Å². The van der Waals surface area contributed by atoms with Gasteiger partial charge in [0, 0.05) is 4.88 Å². The Kier molecular flexibility index (Phi) is 2.39. The second-order valence-electron chi connectivity index (χ2n) is 3.35. The van der Waals surface area contributed by atoms with Crippen molar-refractivity contribution in [2.45, 2.75) is 13.3 Å². The van der Waals surface area contributed by atoms with E-state index in [1.54, 1.807) is 6.92 Å². The molecule has 0 atom stereocenters. The molecule has 0 fully saturated rings. The fourth-order valence-corrected chi connectivity index (χ4v) is 2.69. The van der Waals surface area contributed by atoms with Crippen molar-refractivity contribution < 1.29 is 9.90 Å².